The summed E-state index contributed by atoms with van der Waals surface area (Å²) in [4.78, 5) is 4.80. The van der Waals surface area contributed by atoms with Crippen molar-refractivity contribution in [2.24, 2.45) is 4.99 Å². The monoisotopic (exact) mass is 629 g/mol. The summed E-state index contributed by atoms with van der Waals surface area (Å²) in [7, 11) is -4.76. The Morgan fingerprint density at radius 2 is 1.33 bits per heavy atom. The van der Waals surface area contributed by atoms with Gasteiger partial charge in [0.05, 0.1) is 15.9 Å². The highest BCUT2D eigenvalue weighted by Gasteiger charge is 2.21. The van der Waals surface area contributed by atoms with E-state index in [-0.39, 0.29) is 4.90 Å². The summed E-state index contributed by atoms with van der Waals surface area (Å²) in [5, 5.41) is 5.04. The molecule has 0 radical (unpaired) electrons. The topological polar surface area (TPSA) is 94.7 Å². The molecule has 6 rings (SSSR count). The average Bonchev–Trinajstić information content (AvgIpc) is 3.06. The molecule has 6 nitrogen and oxygen atoms in total. The largest absolute Gasteiger partial charge is 0.744 e. The highest BCUT2D eigenvalue weighted by molar-refractivity contribution is 7.85. The summed E-state index contributed by atoms with van der Waals surface area (Å²) in [5.74, 6) is 0.536. The van der Waals surface area contributed by atoms with Crippen LogP contribution in [-0.4, -0.2) is 13.0 Å². The third-order valence-corrected chi connectivity index (χ3v) is 9.50. The molecular weight excluding hydrogens is 593 g/mol. The maximum absolute atomic E-state index is 12.5. The summed E-state index contributed by atoms with van der Waals surface area (Å²) >= 11 is 0. The summed E-state index contributed by atoms with van der Waals surface area (Å²) in [5.41, 5.74) is 9.85. The van der Waals surface area contributed by atoms with Crippen LogP contribution in [0.5, 0.6) is 0 Å². The molecule has 7 heteroatoms. The van der Waals surface area contributed by atoms with Crippen LogP contribution < -0.4 is 10.7 Å². The number of aryl methyl sites for hydroxylation is 4. The number of nitrogens with zero attached hydrogens (tertiary/aromatic N) is 1. The van der Waals surface area contributed by atoms with Crippen molar-refractivity contribution in [2.75, 3.05) is 5.32 Å². The molecule has 1 aliphatic carbocycles. The molecule has 0 atom stereocenters. The van der Waals surface area contributed by atoms with Crippen LogP contribution in [0.15, 0.2) is 111 Å². The van der Waals surface area contributed by atoms with Gasteiger partial charge in [-0.3, -0.25) is 0 Å². The van der Waals surface area contributed by atoms with Crippen molar-refractivity contribution in [1.29, 1.82) is 0 Å². The molecule has 234 valence electrons. The molecule has 0 amide bonds. The average molecular weight is 630 g/mol. The Morgan fingerprint density at radius 1 is 0.696 bits per heavy atom. The van der Waals surface area contributed by atoms with E-state index in [4.69, 9.17) is 9.41 Å². The van der Waals surface area contributed by atoms with E-state index in [1.54, 1.807) is 18.2 Å². The number of para-hydroxylation sites is 2. The van der Waals surface area contributed by atoms with Crippen LogP contribution in [0.25, 0.3) is 33.4 Å². The molecule has 0 spiro atoms. The van der Waals surface area contributed by atoms with Gasteiger partial charge in [0.15, 0.2) is 0 Å². The van der Waals surface area contributed by atoms with Crippen molar-refractivity contribution in [3.63, 3.8) is 0 Å². The molecule has 46 heavy (non-hydrogen) atoms. The van der Waals surface area contributed by atoms with Gasteiger partial charge in [0.1, 0.15) is 21.5 Å². The van der Waals surface area contributed by atoms with E-state index in [1.807, 2.05) is 36.4 Å². The van der Waals surface area contributed by atoms with Gasteiger partial charge in [-0.1, -0.05) is 82.3 Å². The normalized spacial score (nSPS) is 12.2. The Morgan fingerprint density at radius 3 is 1.96 bits per heavy atom. The van der Waals surface area contributed by atoms with Crippen molar-refractivity contribution >= 4 is 38.1 Å². The van der Waals surface area contributed by atoms with E-state index in [9.17, 15) is 13.0 Å². The highest BCUT2D eigenvalue weighted by Crippen LogP contribution is 2.43. The zero-order chi connectivity index (χ0) is 32.4. The van der Waals surface area contributed by atoms with Gasteiger partial charge < -0.3 is 14.3 Å². The molecule has 1 aliphatic heterocycles. The predicted molar refractivity (Wildman–Crippen MR) is 185 cm³/mol. The molecule has 1 heterocycles. The smallest absolute Gasteiger partial charge is 0.137 e. The minimum absolute atomic E-state index is 0.270. The Hall–Kier alpha value is -4.72. The van der Waals surface area contributed by atoms with E-state index in [1.165, 1.54) is 28.3 Å². The molecule has 2 aliphatic rings. The second-order valence-corrected chi connectivity index (χ2v) is 12.7. The number of nitrogens with one attached hydrogen (secondary N) is 1. The van der Waals surface area contributed by atoms with Gasteiger partial charge in [-0.15, -0.1) is 0 Å². The minimum Gasteiger partial charge on any atom is -0.744 e. The van der Waals surface area contributed by atoms with E-state index in [0.29, 0.717) is 33.4 Å². The van der Waals surface area contributed by atoms with Crippen LogP contribution in [0.2, 0.25) is 0 Å². The Labute approximate surface area is 270 Å². The van der Waals surface area contributed by atoms with E-state index < -0.39 is 10.1 Å². The number of fused-ring (bicyclic) bond motifs is 2. The van der Waals surface area contributed by atoms with Crippen LogP contribution in [0, 0.1) is 0 Å². The van der Waals surface area contributed by atoms with Crippen LogP contribution in [0.1, 0.15) is 49.9 Å². The van der Waals surface area contributed by atoms with Crippen molar-refractivity contribution in [1.82, 2.24) is 0 Å². The zero-order valence-electron chi connectivity index (χ0n) is 26.6. The number of hydrogen-bond donors (Lipinski definition) is 1. The lowest BCUT2D eigenvalue weighted by molar-refractivity contribution is 0.463. The third-order valence-electron chi connectivity index (χ3n) is 8.61. The molecule has 0 unspecified atom stereocenters. The van der Waals surface area contributed by atoms with Gasteiger partial charge in [-0.25, -0.2) is 13.4 Å². The quantitative estimate of drug-likeness (QED) is 0.127. The lowest BCUT2D eigenvalue weighted by Crippen LogP contribution is -2.05. The van der Waals surface area contributed by atoms with Gasteiger partial charge in [0.25, 0.3) is 0 Å². The number of hydrogen-bond acceptors (Lipinski definition) is 6. The Balaban J connectivity index is 1.62. The Bertz CT molecular complexity index is 2170. The lowest BCUT2D eigenvalue weighted by atomic mass is 9.93. The van der Waals surface area contributed by atoms with Crippen molar-refractivity contribution in [3.8, 4) is 22.5 Å². The summed E-state index contributed by atoms with van der Waals surface area (Å²) in [6.45, 7) is 8.52. The van der Waals surface area contributed by atoms with Crippen LogP contribution in [-0.2, 0) is 35.8 Å². The first-order chi connectivity index (χ1) is 22.2. The third kappa shape index (κ3) is 5.96. The highest BCUT2D eigenvalue weighted by atomic mass is 32.2. The van der Waals surface area contributed by atoms with E-state index in [0.717, 1.165) is 48.1 Å². The molecule has 4 aromatic carbocycles. The predicted octanol–water partition coefficient (Wildman–Crippen LogP) is 9.33. The molecule has 0 bridgehead atoms. The maximum atomic E-state index is 12.5. The van der Waals surface area contributed by atoms with Gasteiger partial charge >= 0.3 is 0 Å². The number of benzene rings is 5. The molecular formula is C39H37N2O4S-. The summed E-state index contributed by atoms with van der Waals surface area (Å²) in [6, 6.07) is 30.5. The second kappa shape index (κ2) is 12.9. The zero-order valence-corrected chi connectivity index (χ0v) is 27.4. The summed E-state index contributed by atoms with van der Waals surface area (Å²) < 4.78 is 43.9. The van der Waals surface area contributed by atoms with E-state index >= 15 is 0 Å². The van der Waals surface area contributed by atoms with Crippen LogP contribution in [0.4, 0.5) is 17.1 Å². The fraction of sp³-hybridized carbons (Fsp3) is 0.205. The van der Waals surface area contributed by atoms with Crippen LogP contribution >= 0.6 is 0 Å². The van der Waals surface area contributed by atoms with Gasteiger partial charge in [-0.2, -0.15) is 0 Å². The maximum Gasteiger partial charge on any atom is 0.137 e. The molecule has 0 aromatic heterocycles. The standard InChI is InChI=1S/C39H38N2O4S/c1-5-25-13-11-14-26(6-2)38(25)40-29-19-21-31-34(23-29)45-35-24-30(41-39-27(7-3)15-12-16-28(39)8-4)20-22-32(35)37(31)33-17-9-10-18-36(33)46(42,43)44/h9-24,40H,5-8H2,1-4H3,(H,42,43,44)/p-1. The molecule has 1 N–H and O–H groups in total. The Kier molecular flexibility index (Phi) is 8.80. The lowest BCUT2D eigenvalue weighted by Gasteiger charge is -2.20. The first-order valence-corrected chi connectivity index (χ1v) is 17.3. The van der Waals surface area contributed by atoms with Gasteiger partial charge in [0, 0.05) is 45.6 Å². The molecule has 0 fully saturated rings. The van der Waals surface area contributed by atoms with E-state index in [2.05, 4.69) is 69.4 Å². The first kappa shape index (κ1) is 31.3. The van der Waals surface area contributed by atoms with Crippen molar-refractivity contribution in [3.05, 3.63) is 125 Å². The number of rotatable bonds is 9. The molecule has 0 saturated heterocycles. The molecule has 0 saturated carbocycles. The SMILES string of the molecule is CCc1cccc(CC)c1N=c1ccc2c(-c3ccccc3S(=O)(=O)[O-])c3ccc(Nc4c(CC)cccc4CC)cc3oc-2c1. The van der Waals surface area contributed by atoms with Crippen molar-refractivity contribution < 1.29 is 17.4 Å². The molecule has 4 aromatic rings. The fourth-order valence-corrected chi connectivity index (χ4v) is 6.93. The van der Waals surface area contributed by atoms with Gasteiger partial charge in [-0.05, 0) is 78.3 Å². The number of anilines is 2. The second-order valence-electron chi connectivity index (χ2n) is 11.3. The van der Waals surface area contributed by atoms with Gasteiger partial charge in [0.2, 0.25) is 0 Å². The first-order valence-electron chi connectivity index (χ1n) is 15.8. The fourth-order valence-electron chi connectivity index (χ4n) is 6.24. The van der Waals surface area contributed by atoms with Crippen molar-refractivity contribution in [2.45, 2.75) is 58.3 Å². The summed E-state index contributed by atoms with van der Waals surface area (Å²) in [6.07, 6.45) is 3.49. The minimum atomic E-state index is -4.76. The van der Waals surface area contributed by atoms with Crippen LogP contribution in [0.3, 0.4) is 0 Å².